The third-order valence-electron chi connectivity index (χ3n) is 3.43. The molecule has 0 aromatic heterocycles. The highest BCUT2D eigenvalue weighted by molar-refractivity contribution is 5.87. The van der Waals surface area contributed by atoms with Gasteiger partial charge in [0.05, 0.1) is 4.92 Å². The van der Waals surface area contributed by atoms with Crippen molar-refractivity contribution < 1.29 is 14.5 Å². The van der Waals surface area contributed by atoms with Crippen molar-refractivity contribution in [1.82, 2.24) is 4.90 Å². The van der Waals surface area contributed by atoms with Gasteiger partial charge in [-0.3, -0.25) is 20.3 Å². The molecule has 0 atom stereocenters. The monoisotopic (exact) mass is 293 g/mol. The fourth-order valence-corrected chi connectivity index (χ4v) is 2.34. The Labute approximate surface area is 123 Å². The number of anilines is 1. The number of nitro groups is 1. The molecule has 0 aliphatic carbocycles. The molecule has 1 fully saturated rings. The van der Waals surface area contributed by atoms with E-state index in [1.807, 2.05) is 0 Å². The van der Waals surface area contributed by atoms with Crippen LogP contribution in [-0.4, -0.2) is 42.2 Å². The highest BCUT2D eigenvalue weighted by Crippen LogP contribution is 2.23. The Morgan fingerprint density at radius 1 is 1.29 bits per heavy atom. The molecule has 1 amide bonds. The molecule has 1 saturated heterocycles. The predicted octanol–water partition coefficient (Wildman–Crippen LogP) is 2.63. The second-order valence-corrected chi connectivity index (χ2v) is 4.94. The van der Waals surface area contributed by atoms with Crippen molar-refractivity contribution in [3.63, 3.8) is 0 Å². The number of carbonyl (C=O) groups is 1. The zero-order chi connectivity index (χ0) is 15.1. The molecule has 0 bridgehead atoms. The first kappa shape index (κ1) is 15.2. The Hall–Kier alpha value is -2.15. The normalized spacial score (nSPS) is 15.4. The van der Waals surface area contributed by atoms with E-state index in [1.54, 1.807) is 12.1 Å². The molecule has 0 saturated carbocycles. The van der Waals surface area contributed by atoms with Crippen molar-refractivity contribution in [2.45, 2.75) is 19.3 Å². The van der Waals surface area contributed by atoms with E-state index in [9.17, 15) is 14.9 Å². The molecule has 1 aliphatic rings. The van der Waals surface area contributed by atoms with Crippen LogP contribution < -0.4 is 5.32 Å². The number of hydrogen-bond donors (Lipinski definition) is 1. The van der Waals surface area contributed by atoms with Crippen molar-refractivity contribution in [1.29, 1.82) is 0 Å². The maximum Gasteiger partial charge on any atom is 0.411 e. The molecule has 1 aliphatic heterocycles. The first-order chi connectivity index (χ1) is 10.2. The van der Waals surface area contributed by atoms with Gasteiger partial charge in [0.15, 0.2) is 0 Å². The highest BCUT2D eigenvalue weighted by Gasteiger charge is 2.16. The summed E-state index contributed by atoms with van der Waals surface area (Å²) >= 11 is 0. The number of nitrogens with zero attached hydrogens (tertiary/aromatic N) is 2. The van der Waals surface area contributed by atoms with Crippen LogP contribution in [0.4, 0.5) is 16.2 Å². The zero-order valence-corrected chi connectivity index (χ0v) is 11.8. The van der Waals surface area contributed by atoms with Gasteiger partial charge in [-0.2, -0.15) is 0 Å². The average Bonchev–Trinajstić information content (AvgIpc) is 2.48. The van der Waals surface area contributed by atoms with Crippen LogP contribution in [-0.2, 0) is 4.74 Å². The molecule has 1 aromatic rings. The number of ether oxygens (including phenoxy) is 1. The van der Waals surface area contributed by atoms with E-state index in [0.717, 1.165) is 13.1 Å². The number of amides is 1. The van der Waals surface area contributed by atoms with E-state index in [2.05, 4.69) is 10.2 Å². The summed E-state index contributed by atoms with van der Waals surface area (Å²) in [7, 11) is 0. The van der Waals surface area contributed by atoms with Crippen LogP contribution in [0, 0.1) is 10.1 Å². The fraction of sp³-hybridized carbons (Fsp3) is 0.500. The smallest absolute Gasteiger partial charge is 0.411 e. The topological polar surface area (TPSA) is 84.7 Å². The summed E-state index contributed by atoms with van der Waals surface area (Å²) in [5.74, 6) is 0. The summed E-state index contributed by atoms with van der Waals surface area (Å²) in [5.41, 5.74) is -0.00375. The summed E-state index contributed by atoms with van der Waals surface area (Å²) in [6.07, 6.45) is 2.96. The maximum atomic E-state index is 11.7. The number of benzene rings is 1. The summed E-state index contributed by atoms with van der Waals surface area (Å²) in [5, 5.41) is 13.2. The van der Waals surface area contributed by atoms with E-state index in [0.29, 0.717) is 6.54 Å². The molecule has 2 rings (SSSR count). The average molecular weight is 293 g/mol. The number of hydrogen-bond acceptors (Lipinski definition) is 5. The van der Waals surface area contributed by atoms with Crippen LogP contribution in [0.5, 0.6) is 0 Å². The molecule has 114 valence electrons. The molecule has 0 radical (unpaired) electrons. The molecular formula is C14H19N3O4. The maximum absolute atomic E-state index is 11.7. The number of likely N-dealkylation sites (tertiary alicyclic amines) is 1. The minimum Gasteiger partial charge on any atom is -0.448 e. The summed E-state index contributed by atoms with van der Waals surface area (Å²) in [4.78, 5) is 24.2. The van der Waals surface area contributed by atoms with Gasteiger partial charge in [0, 0.05) is 12.6 Å². The Bertz CT molecular complexity index is 501. The fourth-order valence-electron chi connectivity index (χ4n) is 2.34. The van der Waals surface area contributed by atoms with Crippen molar-refractivity contribution in [3.05, 3.63) is 34.4 Å². The van der Waals surface area contributed by atoms with Gasteiger partial charge in [-0.05, 0) is 32.0 Å². The SMILES string of the molecule is O=C(Nc1ccccc1[N+](=O)[O-])OCCN1CCCCC1. The molecule has 1 heterocycles. The number of carbonyl (C=O) groups excluding carboxylic acids is 1. The summed E-state index contributed by atoms with van der Waals surface area (Å²) in [6, 6.07) is 5.98. The van der Waals surface area contributed by atoms with E-state index < -0.39 is 11.0 Å². The van der Waals surface area contributed by atoms with Crippen LogP contribution in [0.1, 0.15) is 19.3 Å². The second-order valence-electron chi connectivity index (χ2n) is 4.94. The van der Waals surface area contributed by atoms with Gasteiger partial charge in [-0.1, -0.05) is 18.6 Å². The second kappa shape index (κ2) is 7.58. The van der Waals surface area contributed by atoms with Crippen molar-refractivity contribution in [2.24, 2.45) is 0 Å². The number of nitro benzene ring substituents is 1. The molecule has 21 heavy (non-hydrogen) atoms. The van der Waals surface area contributed by atoms with Crippen LogP contribution in [0.25, 0.3) is 0 Å². The predicted molar refractivity (Wildman–Crippen MR) is 78.4 cm³/mol. The molecule has 0 spiro atoms. The van der Waals surface area contributed by atoms with Crippen molar-refractivity contribution in [3.8, 4) is 0 Å². The van der Waals surface area contributed by atoms with Crippen LogP contribution in [0.2, 0.25) is 0 Å². The van der Waals surface area contributed by atoms with Gasteiger partial charge >= 0.3 is 6.09 Å². The number of rotatable bonds is 5. The standard InChI is InChI=1S/C14H19N3O4/c18-14(21-11-10-16-8-4-1-5-9-16)15-12-6-2-3-7-13(12)17(19)20/h2-3,6-7H,1,4-5,8-11H2,(H,15,18). The zero-order valence-electron chi connectivity index (χ0n) is 11.8. The third kappa shape index (κ3) is 4.71. The first-order valence-electron chi connectivity index (χ1n) is 7.06. The first-order valence-corrected chi connectivity index (χ1v) is 7.06. The molecule has 1 aromatic carbocycles. The number of piperidine rings is 1. The highest BCUT2D eigenvalue weighted by atomic mass is 16.6. The van der Waals surface area contributed by atoms with Gasteiger partial charge in [0.25, 0.3) is 5.69 Å². The van der Waals surface area contributed by atoms with Crippen LogP contribution in [0.3, 0.4) is 0 Å². The third-order valence-corrected chi connectivity index (χ3v) is 3.43. The lowest BCUT2D eigenvalue weighted by Gasteiger charge is -2.25. The van der Waals surface area contributed by atoms with E-state index >= 15 is 0 Å². The molecule has 7 nitrogen and oxygen atoms in total. The lowest BCUT2D eigenvalue weighted by molar-refractivity contribution is -0.383. The minimum absolute atomic E-state index is 0.144. The molecular weight excluding hydrogens is 274 g/mol. The quantitative estimate of drug-likeness (QED) is 0.666. The van der Waals surface area contributed by atoms with Crippen molar-refractivity contribution >= 4 is 17.5 Å². The Kier molecular flexibility index (Phi) is 5.51. The van der Waals surface area contributed by atoms with Crippen LogP contribution in [0.15, 0.2) is 24.3 Å². The number of nitrogens with one attached hydrogen (secondary N) is 1. The van der Waals surface area contributed by atoms with E-state index in [1.165, 1.54) is 31.4 Å². The van der Waals surface area contributed by atoms with Gasteiger partial charge in [0.2, 0.25) is 0 Å². The Morgan fingerprint density at radius 3 is 2.71 bits per heavy atom. The molecule has 1 N–H and O–H groups in total. The number of para-hydroxylation sites is 2. The summed E-state index contributed by atoms with van der Waals surface area (Å²) < 4.78 is 5.07. The van der Waals surface area contributed by atoms with Gasteiger partial charge < -0.3 is 4.74 Å². The van der Waals surface area contributed by atoms with Crippen molar-refractivity contribution in [2.75, 3.05) is 31.6 Å². The summed E-state index contributed by atoms with van der Waals surface area (Å²) in [6.45, 7) is 3.06. The van der Waals surface area contributed by atoms with Gasteiger partial charge in [-0.15, -0.1) is 0 Å². The minimum atomic E-state index is -0.665. The Morgan fingerprint density at radius 2 is 2.00 bits per heavy atom. The van der Waals surface area contributed by atoms with E-state index in [4.69, 9.17) is 4.74 Å². The lowest BCUT2D eigenvalue weighted by atomic mass is 10.1. The van der Waals surface area contributed by atoms with Gasteiger partial charge in [0.1, 0.15) is 12.3 Å². The van der Waals surface area contributed by atoms with E-state index in [-0.39, 0.29) is 18.0 Å². The lowest BCUT2D eigenvalue weighted by Crippen LogP contribution is -2.33. The van der Waals surface area contributed by atoms with Gasteiger partial charge in [-0.25, -0.2) is 4.79 Å². The molecule has 7 heteroatoms. The molecule has 0 unspecified atom stereocenters. The Balaban J connectivity index is 1.78. The van der Waals surface area contributed by atoms with Crippen LogP contribution >= 0.6 is 0 Å². The largest absolute Gasteiger partial charge is 0.448 e.